The molecule has 1 heterocycles. The number of methoxy groups -OCH3 is 2. The van der Waals surface area contributed by atoms with Crippen molar-refractivity contribution in [3.63, 3.8) is 0 Å². The molecule has 0 atom stereocenters. The average molecular weight is 290 g/mol. The van der Waals surface area contributed by atoms with Crippen LogP contribution in [0.25, 0.3) is 6.08 Å². The van der Waals surface area contributed by atoms with Crippen molar-refractivity contribution in [2.24, 2.45) is 0 Å². The van der Waals surface area contributed by atoms with Crippen LogP contribution in [0.2, 0.25) is 0 Å². The highest BCUT2D eigenvalue weighted by atomic mass is 16.5. The minimum atomic E-state index is -1.07. The summed E-state index contributed by atoms with van der Waals surface area (Å²) in [5.41, 5.74) is 0.907. The second-order valence-corrected chi connectivity index (χ2v) is 4.07. The van der Waals surface area contributed by atoms with Crippen LogP contribution in [0.5, 0.6) is 11.5 Å². The Hall–Kier alpha value is -2.83. The van der Waals surface area contributed by atoms with Gasteiger partial charge in [0.1, 0.15) is 0 Å². The van der Waals surface area contributed by atoms with Gasteiger partial charge in [-0.1, -0.05) is 6.07 Å². The summed E-state index contributed by atoms with van der Waals surface area (Å²) in [4.78, 5) is 10.4. The molecule has 1 aromatic carbocycles. The van der Waals surface area contributed by atoms with Crippen molar-refractivity contribution in [2.45, 2.75) is 6.42 Å². The number of carboxylic acids is 1. The topological polar surface area (TPSA) is 94.7 Å². The molecular weight excluding hydrogens is 276 g/mol. The minimum absolute atomic E-state index is 0.146. The van der Waals surface area contributed by atoms with E-state index in [0.717, 1.165) is 11.6 Å². The standard InChI is InChI=1S/C14H14N2O5/c1-19-10-4-3-9(7-11(10)20-2)8-13-16-15-12(21-13)5-6-14(17)18/h3-7H,8H2,1-2H3,(H,17,18)/b6-5+. The summed E-state index contributed by atoms with van der Waals surface area (Å²) < 4.78 is 15.7. The molecular formula is C14H14N2O5. The molecule has 2 aromatic rings. The van der Waals surface area contributed by atoms with E-state index in [9.17, 15) is 4.79 Å². The minimum Gasteiger partial charge on any atom is -0.493 e. The van der Waals surface area contributed by atoms with E-state index in [2.05, 4.69) is 10.2 Å². The lowest BCUT2D eigenvalue weighted by Gasteiger charge is -2.08. The number of aliphatic carboxylic acids is 1. The fourth-order valence-electron chi connectivity index (χ4n) is 1.71. The smallest absolute Gasteiger partial charge is 0.328 e. The van der Waals surface area contributed by atoms with Crippen LogP contribution in [0, 0.1) is 0 Å². The normalized spacial score (nSPS) is 10.8. The second-order valence-electron chi connectivity index (χ2n) is 4.07. The quantitative estimate of drug-likeness (QED) is 0.810. The summed E-state index contributed by atoms with van der Waals surface area (Å²) in [7, 11) is 3.12. The Kier molecular flexibility index (Phi) is 4.55. The zero-order valence-electron chi connectivity index (χ0n) is 11.6. The van der Waals surface area contributed by atoms with Crippen molar-refractivity contribution < 1.29 is 23.8 Å². The monoisotopic (exact) mass is 290 g/mol. The van der Waals surface area contributed by atoms with E-state index in [1.165, 1.54) is 6.08 Å². The molecule has 7 heteroatoms. The van der Waals surface area contributed by atoms with Gasteiger partial charge >= 0.3 is 5.97 Å². The molecule has 110 valence electrons. The molecule has 0 fully saturated rings. The molecule has 0 aliphatic carbocycles. The molecule has 0 bridgehead atoms. The molecule has 2 rings (SSSR count). The predicted molar refractivity (Wildman–Crippen MR) is 73.3 cm³/mol. The lowest BCUT2D eigenvalue weighted by atomic mass is 10.1. The fraction of sp³-hybridized carbons (Fsp3) is 0.214. The Morgan fingerprint density at radius 3 is 2.71 bits per heavy atom. The molecule has 0 unspecified atom stereocenters. The first-order valence-electron chi connectivity index (χ1n) is 6.06. The molecule has 0 spiro atoms. The number of nitrogens with zero attached hydrogens (tertiary/aromatic N) is 2. The third-order valence-electron chi connectivity index (χ3n) is 2.65. The number of carboxylic acid groups (broad SMARTS) is 1. The third-order valence-corrected chi connectivity index (χ3v) is 2.65. The third kappa shape index (κ3) is 3.82. The molecule has 0 amide bonds. The molecule has 7 nitrogen and oxygen atoms in total. The zero-order chi connectivity index (χ0) is 15.2. The summed E-state index contributed by atoms with van der Waals surface area (Å²) >= 11 is 0. The Labute approximate surface area is 120 Å². The SMILES string of the molecule is COc1ccc(Cc2nnc(/C=C/C(=O)O)o2)cc1OC. The Balaban J connectivity index is 2.13. The molecule has 1 N–H and O–H groups in total. The lowest BCUT2D eigenvalue weighted by molar-refractivity contribution is -0.131. The average Bonchev–Trinajstić information content (AvgIpc) is 2.92. The van der Waals surface area contributed by atoms with Crippen LogP contribution < -0.4 is 9.47 Å². The maximum Gasteiger partial charge on any atom is 0.328 e. The van der Waals surface area contributed by atoms with Gasteiger partial charge in [0.25, 0.3) is 0 Å². The maximum absolute atomic E-state index is 10.4. The fourth-order valence-corrected chi connectivity index (χ4v) is 1.71. The molecule has 0 radical (unpaired) electrons. The highest BCUT2D eigenvalue weighted by Gasteiger charge is 2.09. The van der Waals surface area contributed by atoms with Gasteiger partial charge in [-0.05, 0) is 17.7 Å². The van der Waals surface area contributed by atoms with Crippen molar-refractivity contribution in [3.8, 4) is 11.5 Å². The summed E-state index contributed by atoms with van der Waals surface area (Å²) in [6.07, 6.45) is 2.59. The number of hydrogen-bond donors (Lipinski definition) is 1. The van der Waals surface area contributed by atoms with Crippen LogP contribution in [0.4, 0.5) is 0 Å². The first-order valence-corrected chi connectivity index (χ1v) is 6.06. The summed E-state index contributed by atoms with van der Waals surface area (Å²) in [5.74, 6) is 0.701. The number of hydrogen-bond acceptors (Lipinski definition) is 6. The van der Waals surface area contributed by atoms with Crippen LogP contribution >= 0.6 is 0 Å². The maximum atomic E-state index is 10.4. The predicted octanol–water partition coefficient (Wildman–Crippen LogP) is 1.78. The van der Waals surface area contributed by atoms with Crippen LogP contribution in [0.1, 0.15) is 17.3 Å². The molecule has 0 aliphatic rings. The Morgan fingerprint density at radius 2 is 2.05 bits per heavy atom. The van der Waals surface area contributed by atoms with E-state index in [0.29, 0.717) is 23.8 Å². The number of rotatable bonds is 6. The van der Waals surface area contributed by atoms with E-state index in [1.807, 2.05) is 12.1 Å². The van der Waals surface area contributed by atoms with Gasteiger partial charge < -0.3 is 19.0 Å². The molecule has 21 heavy (non-hydrogen) atoms. The number of ether oxygens (including phenoxy) is 2. The molecule has 0 aliphatic heterocycles. The van der Waals surface area contributed by atoms with Crippen molar-refractivity contribution in [1.82, 2.24) is 10.2 Å². The molecule has 0 saturated heterocycles. The van der Waals surface area contributed by atoms with Gasteiger partial charge in [-0.15, -0.1) is 10.2 Å². The van der Waals surface area contributed by atoms with E-state index in [1.54, 1.807) is 20.3 Å². The van der Waals surface area contributed by atoms with Gasteiger partial charge in [0.05, 0.1) is 20.6 Å². The van der Waals surface area contributed by atoms with Crippen molar-refractivity contribution in [3.05, 3.63) is 41.6 Å². The Morgan fingerprint density at radius 1 is 1.29 bits per heavy atom. The van der Waals surface area contributed by atoms with E-state index in [4.69, 9.17) is 19.0 Å². The summed E-state index contributed by atoms with van der Waals surface area (Å²) in [6.45, 7) is 0. The van der Waals surface area contributed by atoms with Gasteiger partial charge in [-0.3, -0.25) is 0 Å². The van der Waals surface area contributed by atoms with Crippen molar-refractivity contribution >= 4 is 12.0 Å². The lowest BCUT2D eigenvalue weighted by Crippen LogP contribution is -1.94. The van der Waals surface area contributed by atoms with Crippen LogP contribution in [0.15, 0.2) is 28.7 Å². The Bertz CT molecular complexity index is 663. The zero-order valence-corrected chi connectivity index (χ0v) is 11.6. The number of aromatic nitrogens is 2. The highest BCUT2D eigenvalue weighted by molar-refractivity contribution is 5.84. The van der Waals surface area contributed by atoms with Crippen molar-refractivity contribution in [2.75, 3.05) is 14.2 Å². The second kappa shape index (κ2) is 6.56. The highest BCUT2D eigenvalue weighted by Crippen LogP contribution is 2.28. The number of carbonyl (C=O) groups is 1. The van der Waals surface area contributed by atoms with Gasteiger partial charge in [0.2, 0.25) is 11.8 Å². The van der Waals surface area contributed by atoms with E-state index >= 15 is 0 Å². The van der Waals surface area contributed by atoms with E-state index in [-0.39, 0.29) is 5.89 Å². The van der Waals surface area contributed by atoms with Crippen LogP contribution in [-0.2, 0) is 11.2 Å². The summed E-state index contributed by atoms with van der Waals surface area (Å²) in [5, 5.41) is 16.1. The van der Waals surface area contributed by atoms with Crippen molar-refractivity contribution in [1.29, 1.82) is 0 Å². The molecule has 0 saturated carbocycles. The number of benzene rings is 1. The van der Waals surface area contributed by atoms with Crippen LogP contribution in [0.3, 0.4) is 0 Å². The summed E-state index contributed by atoms with van der Waals surface area (Å²) in [6, 6.07) is 5.46. The largest absolute Gasteiger partial charge is 0.493 e. The van der Waals surface area contributed by atoms with E-state index < -0.39 is 5.97 Å². The first kappa shape index (κ1) is 14.6. The van der Waals surface area contributed by atoms with Gasteiger partial charge in [-0.25, -0.2) is 4.79 Å². The van der Waals surface area contributed by atoms with Crippen LogP contribution in [-0.4, -0.2) is 35.5 Å². The van der Waals surface area contributed by atoms with Gasteiger partial charge in [-0.2, -0.15) is 0 Å². The molecule has 1 aromatic heterocycles. The van der Waals surface area contributed by atoms with Gasteiger partial charge in [0.15, 0.2) is 11.5 Å². The first-order chi connectivity index (χ1) is 10.1. The van der Waals surface area contributed by atoms with Gasteiger partial charge in [0, 0.05) is 12.2 Å².